The molecule has 0 atom stereocenters. The maximum atomic E-state index is 12.1. The summed E-state index contributed by atoms with van der Waals surface area (Å²) in [5.41, 5.74) is 2.43. The molecule has 0 bridgehead atoms. The van der Waals surface area contributed by atoms with Gasteiger partial charge in [-0.1, -0.05) is 30.3 Å². The van der Waals surface area contributed by atoms with Gasteiger partial charge >= 0.3 is 0 Å². The molecule has 0 unspecified atom stereocenters. The topological polar surface area (TPSA) is 70.6 Å². The molecule has 2 aromatic rings. The lowest BCUT2D eigenvalue weighted by atomic mass is 10.1. The highest BCUT2D eigenvalue weighted by Gasteiger charge is 2.30. The summed E-state index contributed by atoms with van der Waals surface area (Å²) >= 11 is 1.20. The predicted molar refractivity (Wildman–Crippen MR) is 77.1 cm³/mol. The highest BCUT2D eigenvalue weighted by Crippen LogP contribution is 2.40. The number of hydrogen-bond donors (Lipinski definition) is 2. The Morgan fingerprint density at radius 2 is 1.95 bits per heavy atom. The van der Waals surface area contributed by atoms with E-state index in [0.29, 0.717) is 9.90 Å². The van der Waals surface area contributed by atoms with Crippen molar-refractivity contribution in [2.45, 2.75) is 4.21 Å². The fourth-order valence-corrected chi connectivity index (χ4v) is 4.36. The van der Waals surface area contributed by atoms with Crippen molar-refractivity contribution >= 4 is 33.0 Å². The second-order valence-electron chi connectivity index (χ2n) is 3.98. The lowest BCUT2D eigenvalue weighted by molar-refractivity contribution is 0.594. The largest absolute Gasteiger partial charge is 0.323 e. The summed E-state index contributed by atoms with van der Waals surface area (Å²) in [6.07, 6.45) is 0. The second kappa shape index (κ2) is 4.36. The van der Waals surface area contributed by atoms with Gasteiger partial charge in [0, 0.05) is 18.0 Å². The molecule has 0 spiro atoms. The van der Waals surface area contributed by atoms with Crippen LogP contribution < -0.4 is 10.0 Å². The van der Waals surface area contributed by atoms with Crippen molar-refractivity contribution in [1.82, 2.24) is 4.72 Å². The van der Waals surface area contributed by atoms with Crippen LogP contribution in [0.15, 0.2) is 44.9 Å². The number of guanidine groups is 1. The number of nitrogens with one attached hydrogen (secondary N) is 2. The normalized spacial score (nSPS) is 18.5. The van der Waals surface area contributed by atoms with E-state index in [1.807, 2.05) is 35.7 Å². The number of fused-ring (bicyclic) bond motifs is 1. The van der Waals surface area contributed by atoms with Crippen LogP contribution in [-0.2, 0) is 10.0 Å². The summed E-state index contributed by atoms with van der Waals surface area (Å²) < 4.78 is 26.8. The first-order valence-electron chi connectivity index (χ1n) is 5.55. The Bertz CT molecular complexity index is 749. The molecule has 1 aromatic carbocycles. The van der Waals surface area contributed by atoms with E-state index >= 15 is 0 Å². The molecule has 2 heterocycles. The highest BCUT2D eigenvalue weighted by molar-refractivity contribution is 7.92. The van der Waals surface area contributed by atoms with E-state index < -0.39 is 10.0 Å². The summed E-state index contributed by atoms with van der Waals surface area (Å²) in [6.45, 7) is 0. The molecule has 0 saturated carbocycles. The van der Waals surface area contributed by atoms with Gasteiger partial charge in [0.1, 0.15) is 0 Å². The lowest BCUT2D eigenvalue weighted by Gasteiger charge is -2.19. The zero-order valence-corrected chi connectivity index (χ0v) is 11.7. The van der Waals surface area contributed by atoms with Crippen LogP contribution in [0.2, 0.25) is 0 Å². The zero-order chi connectivity index (χ0) is 13.5. The molecule has 98 valence electrons. The smallest absolute Gasteiger partial charge is 0.275 e. The van der Waals surface area contributed by atoms with Crippen LogP contribution in [0.1, 0.15) is 0 Å². The third kappa shape index (κ3) is 2.00. The van der Waals surface area contributed by atoms with Gasteiger partial charge in [-0.25, -0.2) is 13.1 Å². The van der Waals surface area contributed by atoms with E-state index in [1.54, 1.807) is 0 Å². The molecular weight excluding hydrogens is 282 g/mol. The first kappa shape index (κ1) is 12.2. The van der Waals surface area contributed by atoms with E-state index in [-0.39, 0.29) is 5.96 Å². The summed E-state index contributed by atoms with van der Waals surface area (Å²) in [5, 5.41) is 4.86. The van der Waals surface area contributed by atoms with E-state index in [0.717, 1.165) is 11.1 Å². The van der Waals surface area contributed by atoms with Crippen molar-refractivity contribution in [2.24, 2.45) is 4.99 Å². The van der Waals surface area contributed by atoms with E-state index in [4.69, 9.17) is 0 Å². The van der Waals surface area contributed by atoms with Crippen LogP contribution in [0.25, 0.3) is 11.1 Å². The standard InChI is InChI=1S/C12H11N3O2S2/c1-13-12-14-10-9(8-5-3-2-4-6-8)7-18-11(10)19(16,17)15-12/h2-7H,1H3,(H2,13,14,15). The molecule has 1 aliphatic rings. The molecule has 3 rings (SSSR count). The van der Waals surface area contributed by atoms with Crippen molar-refractivity contribution in [3.63, 3.8) is 0 Å². The van der Waals surface area contributed by atoms with Crippen LogP contribution in [0, 0.1) is 0 Å². The maximum absolute atomic E-state index is 12.1. The van der Waals surface area contributed by atoms with Gasteiger partial charge in [-0.15, -0.1) is 11.3 Å². The minimum atomic E-state index is -3.52. The average Bonchev–Trinajstić information content (AvgIpc) is 2.83. The van der Waals surface area contributed by atoms with Crippen LogP contribution in [0.4, 0.5) is 5.69 Å². The van der Waals surface area contributed by atoms with Crippen LogP contribution >= 0.6 is 11.3 Å². The summed E-state index contributed by atoms with van der Waals surface area (Å²) in [4.78, 5) is 3.88. The third-order valence-corrected chi connectivity index (χ3v) is 5.66. The Morgan fingerprint density at radius 3 is 2.63 bits per heavy atom. The van der Waals surface area contributed by atoms with Gasteiger partial charge in [0.05, 0.1) is 5.69 Å². The number of aliphatic imine (C=N–C) groups is 1. The molecule has 1 aliphatic heterocycles. The number of thiophene rings is 1. The lowest BCUT2D eigenvalue weighted by Crippen LogP contribution is -2.39. The molecule has 7 heteroatoms. The Labute approximate surface area is 115 Å². The molecule has 0 saturated heterocycles. The molecule has 1 aromatic heterocycles. The predicted octanol–water partition coefficient (Wildman–Crippen LogP) is 2.10. The SMILES string of the molecule is CN=C1Nc2c(-c3ccccc3)csc2S(=O)(=O)N1. The molecule has 0 fully saturated rings. The van der Waals surface area contributed by atoms with Crippen molar-refractivity contribution in [3.8, 4) is 11.1 Å². The first-order valence-corrected chi connectivity index (χ1v) is 7.91. The van der Waals surface area contributed by atoms with Crippen molar-refractivity contribution in [2.75, 3.05) is 12.4 Å². The Balaban J connectivity index is 2.21. The number of sulfonamides is 1. The van der Waals surface area contributed by atoms with E-state index in [9.17, 15) is 8.42 Å². The van der Waals surface area contributed by atoms with Gasteiger partial charge in [0.15, 0.2) is 4.21 Å². The molecule has 0 radical (unpaired) electrons. The zero-order valence-electron chi connectivity index (χ0n) is 10.0. The molecule has 0 aliphatic carbocycles. The quantitative estimate of drug-likeness (QED) is 0.846. The molecule has 19 heavy (non-hydrogen) atoms. The highest BCUT2D eigenvalue weighted by atomic mass is 32.2. The minimum Gasteiger partial charge on any atom is -0.323 e. The Kier molecular flexibility index (Phi) is 2.79. The maximum Gasteiger partial charge on any atom is 0.275 e. The molecular formula is C12H11N3O2S2. The monoisotopic (exact) mass is 293 g/mol. The molecule has 0 amide bonds. The van der Waals surface area contributed by atoms with Crippen LogP contribution in [0.5, 0.6) is 0 Å². The van der Waals surface area contributed by atoms with Gasteiger partial charge in [-0.3, -0.25) is 4.99 Å². The Morgan fingerprint density at radius 1 is 1.21 bits per heavy atom. The van der Waals surface area contributed by atoms with Crippen LogP contribution in [0.3, 0.4) is 0 Å². The van der Waals surface area contributed by atoms with Gasteiger partial charge in [-0.05, 0) is 5.56 Å². The first-order chi connectivity index (χ1) is 9.12. The van der Waals surface area contributed by atoms with Crippen molar-refractivity contribution < 1.29 is 8.42 Å². The van der Waals surface area contributed by atoms with E-state index in [2.05, 4.69) is 15.0 Å². The third-order valence-electron chi connectivity index (χ3n) is 2.78. The average molecular weight is 293 g/mol. The van der Waals surface area contributed by atoms with Gasteiger partial charge in [0.25, 0.3) is 10.0 Å². The molecule has 2 N–H and O–H groups in total. The number of benzene rings is 1. The van der Waals surface area contributed by atoms with Gasteiger partial charge in [-0.2, -0.15) is 0 Å². The number of nitrogens with zero attached hydrogens (tertiary/aromatic N) is 1. The van der Waals surface area contributed by atoms with Gasteiger partial charge in [0.2, 0.25) is 5.96 Å². The minimum absolute atomic E-state index is 0.239. The van der Waals surface area contributed by atoms with Gasteiger partial charge < -0.3 is 5.32 Å². The number of hydrogen-bond acceptors (Lipinski definition) is 4. The summed E-state index contributed by atoms with van der Waals surface area (Å²) in [7, 11) is -1.98. The van der Waals surface area contributed by atoms with Crippen LogP contribution in [-0.4, -0.2) is 21.4 Å². The number of rotatable bonds is 1. The number of anilines is 1. The van der Waals surface area contributed by atoms with E-state index in [1.165, 1.54) is 18.4 Å². The summed E-state index contributed by atoms with van der Waals surface area (Å²) in [5.74, 6) is 0.239. The second-order valence-corrected chi connectivity index (χ2v) is 6.74. The van der Waals surface area contributed by atoms with Crippen molar-refractivity contribution in [1.29, 1.82) is 0 Å². The fraction of sp³-hybridized carbons (Fsp3) is 0.0833. The van der Waals surface area contributed by atoms with Crippen molar-refractivity contribution in [3.05, 3.63) is 35.7 Å². The Hall–Kier alpha value is -1.86. The molecule has 5 nitrogen and oxygen atoms in total. The fourth-order valence-electron chi connectivity index (χ4n) is 1.91. The summed E-state index contributed by atoms with van der Waals surface area (Å²) in [6, 6.07) is 9.66.